The van der Waals surface area contributed by atoms with Crippen LogP contribution in [0.3, 0.4) is 0 Å². The highest BCUT2D eigenvalue weighted by atomic mass is 16.5. The van der Waals surface area contributed by atoms with Gasteiger partial charge in [-0.25, -0.2) is 0 Å². The summed E-state index contributed by atoms with van der Waals surface area (Å²) in [6.45, 7) is 1.24. The quantitative estimate of drug-likeness (QED) is 0.857. The maximum atomic E-state index is 12.3. The monoisotopic (exact) mass is 316 g/mol. The van der Waals surface area contributed by atoms with Crippen molar-refractivity contribution in [3.05, 3.63) is 36.3 Å². The fourth-order valence-electron chi connectivity index (χ4n) is 2.56. The number of amides is 1. The van der Waals surface area contributed by atoms with Crippen LogP contribution in [0.2, 0.25) is 0 Å². The van der Waals surface area contributed by atoms with E-state index in [0.717, 1.165) is 18.7 Å². The second kappa shape index (κ2) is 6.68. The number of furan rings is 1. The lowest BCUT2D eigenvalue weighted by molar-refractivity contribution is 0.0498. The van der Waals surface area contributed by atoms with Gasteiger partial charge in [-0.3, -0.25) is 4.79 Å². The second-order valence-electron chi connectivity index (χ2n) is 5.73. The van der Waals surface area contributed by atoms with Crippen LogP contribution in [0.5, 0.6) is 5.88 Å². The Morgan fingerprint density at radius 3 is 2.87 bits per heavy atom. The molecule has 0 bridgehead atoms. The Balaban J connectivity index is 1.61. The summed E-state index contributed by atoms with van der Waals surface area (Å²) in [5, 5.41) is 8.17. The molecular weight excluding hydrogens is 296 g/mol. The Labute approximate surface area is 134 Å². The lowest BCUT2D eigenvalue weighted by Gasteiger charge is -2.32. The predicted molar refractivity (Wildman–Crippen MR) is 84.6 cm³/mol. The van der Waals surface area contributed by atoms with Crippen LogP contribution in [-0.4, -0.2) is 54.3 Å². The summed E-state index contributed by atoms with van der Waals surface area (Å²) in [5.41, 5.74) is 0. The number of rotatable bonds is 4. The topological polar surface area (TPSA) is 71.7 Å². The van der Waals surface area contributed by atoms with E-state index >= 15 is 0 Å². The maximum Gasteiger partial charge on any atom is 0.289 e. The van der Waals surface area contributed by atoms with Crippen LogP contribution in [0.25, 0.3) is 0 Å². The van der Waals surface area contributed by atoms with Crippen molar-refractivity contribution in [3.63, 3.8) is 0 Å². The number of nitrogens with zero attached hydrogens (tertiary/aromatic N) is 4. The van der Waals surface area contributed by atoms with Crippen LogP contribution >= 0.6 is 0 Å². The number of ether oxygens (including phenoxy) is 1. The first-order valence-corrected chi connectivity index (χ1v) is 7.64. The minimum Gasteiger partial charge on any atom is -0.471 e. The van der Waals surface area contributed by atoms with Gasteiger partial charge in [-0.2, -0.15) is 0 Å². The van der Waals surface area contributed by atoms with Crippen LogP contribution in [-0.2, 0) is 0 Å². The molecule has 1 aliphatic rings. The van der Waals surface area contributed by atoms with E-state index < -0.39 is 0 Å². The number of anilines is 1. The van der Waals surface area contributed by atoms with E-state index in [2.05, 4.69) is 10.2 Å². The number of hydrogen-bond acceptors (Lipinski definition) is 6. The summed E-state index contributed by atoms with van der Waals surface area (Å²) in [4.78, 5) is 16.0. The van der Waals surface area contributed by atoms with E-state index in [0.29, 0.717) is 24.7 Å². The first kappa shape index (κ1) is 15.3. The lowest BCUT2D eigenvalue weighted by Crippen LogP contribution is -2.44. The van der Waals surface area contributed by atoms with E-state index in [1.807, 2.05) is 25.1 Å². The Morgan fingerprint density at radius 1 is 1.35 bits per heavy atom. The van der Waals surface area contributed by atoms with Crippen molar-refractivity contribution < 1.29 is 13.9 Å². The van der Waals surface area contributed by atoms with E-state index in [-0.39, 0.29) is 12.0 Å². The minimum absolute atomic E-state index is 0.0813. The molecule has 122 valence electrons. The van der Waals surface area contributed by atoms with Gasteiger partial charge in [0.05, 0.1) is 12.8 Å². The van der Waals surface area contributed by atoms with Gasteiger partial charge in [0, 0.05) is 26.7 Å². The van der Waals surface area contributed by atoms with E-state index in [1.54, 1.807) is 23.1 Å². The molecule has 1 amide bonds. The van der Waals surface area contributed by atoms with Gasteiger partial charge in [0.15, 0.2) is 11.6 Å². The van der Waals surface area contributed by atoms with Crippen molar-refractivity contribution in [3.8, 4) is 5.88 Å². The molecule has 1 fully saturated rings. The third kappa shape index (κ3) is 3.61. The molecule has 0 N–H and O–H groups in total. The number of likely N-dealkylation sites (tertiary alicyclic amines) is 1. The third-order valence-corrected chi connectivity index (χ3v) is 3.77. The van der Waals surface area contributed by atoms with Crippen molar-refractivity contribution in [2.75, 3.05) is 32.1 Å². The normalized spacial score (nSPS) is 17.8. The van der Waals surface area contributed by atoms with Crippen molar-refractivity contribution in [1.29, 1.82) is 0 Å². The summed E-state index contributed by atoms with van der Waals surface area (Å²) >= 11 is 0. The second-order valence-corrected chi connectivity index (χ2v) is 5.73. The van der Waals surface area contributed by atoms with Gasteiger partial charge in [-0.05, 0) is 31.0 Å². The van der Waals surface area contributed by atoms with Crippen LogP contribution in [0, 0.1) is 0 Å². The molecule has 1 atom stereocenters. The smallest absolute Gasteiger partial charge is 0.289 e. The Morgan fingerprint density at radius 2 is 2.22 bits per heavy atom. The molecule has 0 saturated carbocycles. The molecule has 1 unspecified atom stereocenters. The Bertz CT molecular complexity index is 640. The average molecular weight is 316 g/mol. The summed E-state index contributed by atoms with van der Waals surface area (Å²) < 4.78 is 11.0. The molecule has 23 heavy (non-hydrogen) atoms. The summed E-state index contributed by atoms with van der Waals surface area (Å²) in [6, 6.07) is 7.05. The summed E-state index contributed by atoms with van der Waals surface area (Å²) in [5.74, 6) is 1.52. The molecule has 7 heteroatoms. The summed E-state index contributed by atoms with van der Waals surface area (Å²) in [6.07, 6.45) is 3.20. The van der Waals surface area contributed by atoms with Gasteiger partial charge in [0.1, 0.15) is 6.10 Å². The van der Waals surface area contributed by atoms with E-state index in [9.17, 15) is 4.79 Å². The number of carbonyl (C=O) groups excluding carboxylic acids is 1. The maximum absolute atomic E-state index is 12.3. The largest absolute Gasteiger partial charge is 0.471 e. The standard InChI is InChI=1S/C16H20N4O3/c1-19(2)14-7-8-15(18-17-14)23-12-5-3-9-20(11-12)16(21)13-6-4-10-22-13/h4,6-8,10,12H,3,5,9,11H2,1-2H3. The van der Waals surface area contributed by atoms with Crippen molar-refractivity contribution in [2.45, 2.75) is 18.9 Å². The molecule has 2 aromatic heterocycles. The number of piperidine rings is 1. The lowest BCUT2D eigenvalue weighted by atomic mass is 10.1. The summed E-state index contributed by atoms with van der Waals surface area (Å²) in [7, 11) is 3.81. The SMILES string of the molecule is CN(C)c1ccc(OC2CCCN(C(=O)c3ccco3)C2)nn1. The molecule has 3 heterocycles. The molecule has 0 aromatic carbocycles. The molecule has 7 nitrogen and oxygen atoms in total. The van der Waals surface area contributed by atoms with Crippen LogP contribution in [0.1, 0.15) is 23.4 Å². The van der Waals surface area contributed by atoms with Gasteiger partial charge in [0.25, 0.3) is 5.91 Å². The first-order chi connectivity index (χ1) is 11.1. The zero-order valence-electron chi connectivity index (χ0n) is 13.3. The number of carbonyl (C=O) groups is 1. The van der Waals surface area contributed by atoms with Crippen LogP contribution in [0.4, 0.5) is 5.82 Å². The fourth-order valence-corrected chi connectivity index (χ4v) is 2.56. The Kier molecular flexibility index (Phi) is 4.45. The van der Waals surface area contributed by atoms with Crippen molar-refractivity contribution in [1.82, 2.24) is 15.1 Å². The fraction of sp³-hybridized carbons (Fsp3) is 0.438. The average Bonchev–Trinajstić information content (AvgIpc) is 3.09. The molecule has 3 rings (SSSR count). The molecule has 0 spiro atoms. The van der Waals surface area contributed by atoms with Crippen LogP contribution in [0.15, 0.2) is 34.9 Å². The molecule has 1 aliphatic heterocycles. The molecule has 1 saturated heterocycles. The highest BCUT2D eigenvalue weighted by molar-refractivity contribution is 5.91. The molecule has 2 aromatic rings. The number of hydrogen-bond donors (Lipinski definition) is 0. The highest BCUT2D eigenvalue weighted by Gasteiger charge is 2.27. The van der Waals surface area contributed by atoms with Crippen LogP contribution < -0.4 is 9.64 Å². The van der Waals surface area contributed by atoms with Gasteiger partial charge in [0.2, 0.25) is 5.88 Å². The van der Waals surface area contributed by atoms with E-state index in [4.69, 9.17) is 9.15 Å². The first-order valence-electron chi connectivity index (χ1n) is 7.64. The minimum atomic E-state index is -0.0997. The van der Waals surface area contributed by atoms with Gasteiger partial charge in [-0.1, -0.05) is 0 Å². The zero-order valence-corrected chi connectivity index (χ0v) is 13.3. The van der Waals surface area contributed by atoms with Gasteiger partial charge in [-0.15, -0.1) is 10.2 Å². The van der Waals surface area contributed by atoms with Crippen molar-refractivity contribution in [2.24, 2.45) is 0 Å². The third-order valence-electron chi connectivity index (χ3n) is 3.77. The van der Waals surface area contributed by atoms with E-state index in [1.165, 1.54) is 6.26 Å². The molecule has 0 radical (unpaired) electrons. The molecule has 0 aliphatic carbocycles. The predicted octanol–water partition coefficient (Wildman–Crippen LogP) is 1.82. The molecular formula is C16H20N4O3. The zero-order chi connectivity index (χ0) is 16.2. The van der Waals surface area contributed by atoms with Gasteiger partial charge < -0.3 is 19.0 Å². The van der Waals surface area contributed by atoms with Gasteiger partial charge >= 0.3 is 0 Å². The number of aromatic nitrogens is 2. The Hall–Kier alpha value is -2.57. The highest BCUT2D eigenvalue weighted by Crippen LogP contribution is 2.19. The van der Waals surface area contributed by atoms with Crippen molar-refractivity contribution >= 4 is 11.7 Å².